The van der Waals surface area contributed by atoms with Crippen LogP contribution in [0.1, 0.15) is 6.92 Å². The molecule has 0 amide bonds. The van der Waals surface area contributed by atoms with E-state index in [0.717, 1.165) is 13.2 Å². The third-order valence-corrected chi connectivity index (χ3v) is 1.82. The van der Waals surface area contributed by atoms with Crippen LogP contribution in [0, 0.1) is 0 Å². The van der Waals surface area contributed by atoms with E-state index in [9.17, 15) is 0 Å². The molecule has 0 aromatic heterocycles. The molecule has 1 fully saturated rings. The maximum absolute atomic E-state index is 5.22. The van der Waals surface area contributed by atoms with Crippen LogP contribution < -0.4 is 5.32 Å². The van der Waals surface area contributed by atoms with Gasteiger partial charge in [0.25, 0.3) is 0 Å². The maximum Gasteiger partial charge on any atom is 0.0833 e. The zero-order chi connectivity index (χ0) is 5.98. The van der Waals surface area contributed by atoms with Gasteiger partial charge in [-0.1, -0.05) is 22.6 Å². The minimum Gasteiger partial charge on any atom is -0.377 e. The zero-order valence-electron chi connectivity index (χ0n) is 4.86. The van der Waals surface area contributed by atoms with Crippen LogP contribution in [0.2, 0.25) is 0 Å². The topological polar surface area (TPSA) is 21.3 Å². The van der Waals surface area contributed by atoms with E-state index >= 15 is 0 Å². The first kappa shape index (κ1) is 6.77. The summed E-state index contributed by atoms with van der Waals surface area (Å²) in [4.78, 5) is 0. The molecule has 0 radical (unpaired) electrons. The summed E-state index contributed by atoms with van der Waals surface area (Å²) in [7, 11) is 0. The Morgan fingerprint density at radius 2 is 2.38 bits per heavy atom. The van der Waals surface area contributed by atoms with Crippen LogP contribution >= 0.6 is 22.6 Å². The van der Waals surface area contributed by atoms with Gasteiger partial charge in [0.2, 0.25) is 0 Å². The van der Waals surface area contributed by atoms with Crippen LogP contribution in [-0.2, 0) is 4.74 Å². The van der Waals surface area contributed by atoms with E-state index in [-0.39, 0.29) is 0 Å². The van der Waals surface area contributed by atoms with Crippen LogP contribution in [-0.4, -0.2) is 23.3 Å². The minimum atomic E-state index is 0.511. The Labute approximate surface area is 63.1 Å². The van der Waals surface area contributed by atoms with E-state index in [1.165, 1.54) is 0 Å². The standard InChI is InChI=1S/C5H10INO/c1-4-2-8-3-5(6)7-4/h4-5,7H,2-3H2,1H3. The van der Waals surface area contributed by atoms with Gasteiger partial charge in [-0.25, -0.2) is 0 Å². The second kappa shape index (κ2) is 2.98. The molecule has 1 rings (SSSR count). The fraction of sp³-hybridized carbons (Fsp3) is 1.00. The van der Waals surface area contributed by atoms with Crippen molar-refractivity contribution in [3.05, 3.63) is 0 Å². The Balaban J connectivity index is 2.23. The molecule has 2 atom stereocenters. The molecule has 2 nitrogen and oxygen atoms in total. The van der Waals surface area contributed by atoms with Crippen molar-refractivity contribution in [1.82, 2.24) is 5.32 Å². The van der Waals surface area contributed by atoms with Gasteiger partial charge in [-0.15, -0.1) is 0 Å². The molecule has 48 valence electrons. The molecule has 8 heavy (non-hydrogen) atoms. The van der Waals surface area contributed by atoms with Crippen molar-refractivity contribution < 1.29 is 4.74 Å². The molecule has 0 saturated carbocycles. The highest BCUT2D eigenvalue weighted by atomic mass is 127. The van der Waals surface area contributed by atoms with Crippen molar-refractivity contribution in [2.24, 2.45) is 0 Å². The lowest BCUT2D eigenvalue weighted by Gasteiger charge is -2.24. The molecule has 0 aliphatic carbocycles. The highest BCUT2D eigenvalue weighted by Crippen LogP contribution is 2.04. The average molecular weight is 227 g/mol. The summed E-state index contributed by atoms with van der Waals surface area (Å²) in [6.07, 6.45) is 0. The number of ether oxygens (including phenoxy) is 1. The van der Waals surface area contributed by atoms with Gasteiger partial charge in [-0.2, -0.15) is 0 Å². The monoisotopic (exact) mass is 227 g/mol. The Morgan fingerprint density at radius 1 is 1.62 bits per heavy atom. The lowest BCUT2D eigenvalue weighted by Crippen LogP contribution is -2.43. The number of halogens is 1. The molecular weight excluding hydrogens is 217 g/mol. The van der Waals surface area contributed by atoms with Gasteiger partial charge in [-0.05, 0) is 6.92 Å². The van der Waals surface area contributed by atoms with Crippen molar-refractivity contribution in [1.29, 1.82) is 0 Å². The molecule has 1 heterocycles. The van der Waals surface area contributed by atoms with Crippen LogP contribution in [0.5, 0.6) is 0 Å². The van der Waals surface area contributed by atoms with Crippen molar-refractivity contribution in [3.63, 3.8) is 0 Å². The number of alkyl halides is 1. The summed E-state index contributed by atoms with van der Waals surface area (Å²) in [5.74, 6) is 0. The molecule has 0 aromatic carbocycles. The van der Waals surface area contributed by atoms with E-state index < -0.39 is 0 Å². The van der Waals surface area contributed by atoms with Gasteiger partial charge in [0.05, 0.1) is 17.3 Å². The highest BCUT2D eigenvalue weighted by Gasteiger charge is 2.13. The number of rotatable bonds is 0. The first-order valence-corrected chi connectivity index (χ1v) is 4.01. The highest BCUT2D eigenvalue weighted by molar-refractivity contribution is 14.1. The molecular formula is C5H10INO. The van der Waals surface area contributed by atoms with Crippen LogP contribution in [0.15, 0.2) is 0 Å². The van der Waals surface area contributed by atoms with Crippen molar-refractivity contribution in [2.75, 3.05) is 13.2 Å². The van der Waals surface area contributed by atoms with E-state index in [1.807, 2.05) is 0 Å². The molecule has 0 bridgehead atoms. The van der Waals surface area contributed by atoms with Gasteiger partial charge in [0, 0.05) is 6.04 Å². The molecule has 0 aromatic rings. The third-order valence-electron chi connectivity index (χ3n) is 1.10. The first-order valence-electron chi connectivity index (χ1n) is 2.77. The Kier molecular flexibility index (Phi) is 2.52. The summed E-state index contributed by atoms with van der Waals surface area (Å²) < 4.78 is 5.73. The first-order chi connectivity index (χ1) is 3.79. The van der Waals surface area contributed by atoms with Gasteiger partial charge < -0.3 is 4.74 Å². The molecule has 2 unspecified atom stereocenters. The summed E-state index contributed by atoms with van der Waals surface area (Å²) in [5.41, 5.74) is 0. The van der Waals surface area contributed by atoms with E-state index in [4.69, 9.17) is 4.74 Å². The van der Waals surface area contributed by atoms with Crippen LogP contribution in [0.25, 0.3) is 0 Å². The second-order valence-electron chi connectivity index (χ2n) is 2.07. The zero-order valence-corrected chi connectivity index (χ0v) is 7.01. The fourth-order valence-electron chi connectivity index (χ4n) is 0.753. The minimum absolute atomic E-state index is 0.511. The SMILES string of the molecule is CC1COCC(I)N1. The van der Waals surface area contributed by atoms with E-state index in [1.54, 1.807) is 0 Å². The summed E-state index contributed by atoms with van der Waals surface area (Å²) >= 11 is 2.34. The molecule has 1 N–H and O–H groups in total. The quantitative estimate of drug-likeness (QED) is 0.374. The van der Waals surface area contributed by atoms with Gasteiger partial charge in [0.15, 0.2) is 0 Å². The predicted molar refractivity (Wildman–Crippen MR) is 41.2 cm³/mol. The van der Waals surface area contributed by atoms with Gasteiger partial charge >= 0.3 is 0 Å². The Hall–Kier alpha value is 0.650. The van der Waals surface area contributed by atoms with Gasteiger partial charge in [-0.3, -0.25) is 5.32 Å². The number of nitrogens with one attached hydrogen (secondary N) is 1. The number of morpholine rings is 1. The Bertz CT molecular complexity index is 70.8. The lowest BCUT2D eigenvalue weighted by molar-refractivity contribution is 0.0776. The van der Waals surface area contributed by atoms with E-state index in [2.05, 4.69) is 34.8 Å². The van der Waals surface area contributed by atoms with E-state index in [0.29, 0.717) is 10.1 Å². The van der Waals surface area contributed by atoms with Crippen LogP contribution in [0.3, 0.4) is 0 Å². The van der Waals surface area contributed by atoms with Crippen LogP contribution in [0.4, 0.5) is 0 Å². The lowest BCUT2D eigenvalue weighted by atomic mass is 10.3. The van der Waals surface area contributed by atoms with Gasteiger partial charge in [0.1, 0.15) is 0 Å². The second-order valence-corrected chi connectivity index (χ2v) is 3.58. The summed E-state index contributed by atoms with van der Waals surface area (Å²) in [6.45, 7) is 3.84. The number of hydrogen-bond donors (Lipinski definition) is 1. The smallest absolute Gasteiger partial charge is 0.0833 e. The maximum atomic E-state index is 5.22. The van der Waals surface area contributed by atoms with Crippen molar-refractivity contribution in [3.8, 4) is 0 Å². The molecule has 3 heteroatoms. The molecule has 1 aliphatic heterocycles. The average Bonchev–Trinajstić information content (AvgIpc) is 1.64. The normalized spacial score (nSPS) is 39.8. The molecule has 0 spiro atoms. The molecule has 1 saturated heterocycles. The number of hydrogen-bond acceptors (Lipinski definition) is 2. The van der Waals surface area contributed by atoms with Crippen molar-refractivity contribution >= 4 is 22.6 Å². The summed E-state index contributed by atoms with van der Waals surface area (Å²) in [6, 6.07) is 0.533. The largest absolute Gasteiger partial charge is 0.377 e. The summed E-state index contributed by atoms with van der Waals surface area (Å²) in [5, 5.41) is 3.34. The fourth-order valence-corrected chi connectivity index (χ4v) is 1.62. The Morgan fingerprint density at radius 3 is 2.75 bits per heavy atom. The van der Waals surface area contributed by atoms with Crippen molar-refractivity contribution in [2.45, 2.75) is 17.0 Å². The predicted octanol–water partition coefficient (Wildman–Crippen LogP) is 0.756. The molecule has 1 aliphatic rings. The third kappa shape index (κ3) is 1.87.